The lowest BCUT2D eigenvalue weighted by molar-refractivity contribution is 0.478. The molecule has 0 spiro atoms. The number of ether oxygens (including phenoxy) is 1. The summed E-state index contributed by atoms with van der Waals surface area (Å²) in [5.41, 5.74) is 8.32. The molecule has 0 heterocycles. The summed E-state index contributed by atoms with van der Waals surface area (Å²) >= 11 is 3.58. The maximum Gasteiger partial charge on any atom is 0.141 e. The summed E-state index contributed by atoms with van der Waals surface area (Å²) in [5, 5.41) is 0. The summed E-state index contributed by atoms with van der Waals surface area (Å²) in [7, 11) is 0. The van der Waals surface area contributed by atoms with Crippen LogP contribution in [0.3, 0.4) is 0 Å². The summed E-state index contributed by atoms with van der Waals surface area (Å²) in [4.78, 5) is 0. The summed E-state index contributed by atoms with van der Waals surface area (Å²) in [6.45, 7) is 6.37. The zero-order chi connectivity index (χ0) is 15.4. The SMILES string of the molecule is CC(N)Cc1ccc(Oc2cccc(C(C)C)c2)c(Br)c1. The highest BCUT2D eigenvalue weighted by Gasteiger charge is 2.07. The normalized spacial score (nSPS) is 12.5. The average molecular weight is 348 g/mol. The number of halogens is 1. The van der Waals surface area contributed by atoms with Crippen LogP contribution in [0.25, 0.3) is 0 Å². The van der Waals surface area contributed by atoms with Crippen LogP contribution in [0.5, 0.6) is 11.5 Å². The molecule has 112 valence electrons. The number of hydrogen-bond donors (Lipinski definition) is 1. The third-order valence-electron chi connectivity index (χ3n) is 3.31. The van der Waals surface area contributed by atoms with Gasteiger partial charge in [-0.15, -0.1) is 0 Å². The Morgan fingerprint density at radius 1 is 1.10 bits per heavy atom. The molecule has 2 aromatic rings. The molecule has 0 saturated carbocycles. The summed E-state index contributed by atoms with van der Waals surface area (Å²) in [6.07, 6.45) is 0.863. The summed E-state index contributed by atoms with van der Waals surface area (Å²) in [6, 6.07) is 14.5. The molecule has 21 heavy (non-hydrogen) atoms. The van der Waals surface area contributed by atoms with Crippen LogP contribution in [-0.2, 0) is 6.42 Å². The Hall–Kier alpha value is -1.32. The molecule has 2 nitrogen and oxygen atoms in total. The first kappa shape index (κ1) is 16.1. The third-order valence-corrected chi connectivity index (χ3v) is 3.93. The van der Waals surface area contributed by atoms with Gasteiger partial charge < -0.3 is 10.5 Å². The molecule has 0 aromatic heterocycles. The molecule has 0 aliphatic heterocycles. The van der Waals surface area contributed by atoms with E-state index in [4.69, 9.17) is 10.5 Å². The van der Waals surface area contributed by atoms with Crippen LogP contribution in [0.4, 0.5) is 0 Å². The number of benzene rings is 2. The molecule has 2 rings (SSSR count). The number of hydrogen-bond acceptors (Lipinski definition) is 2. The predicted octanol–water partition coefficient (Wildman–Crippen LogP) is 5.25. The predicted molar refractivity (Wildman–Crippen MR) is 92.1 cm³/mol. The van der Waals surface area contributed by atoms with E-state index in [1.54, 1.807) is 0 Å². The molecule has 0 saturated heterocycles. The highest BCUT2D eigenvalue weighted by atomic mass is 79.9. The lowest BCUT2D eigenvalue weighted by atomic mass is 10.0. The van der Waals surface area contributed by atoms with Gasteiger partial charge in [0.25, 0.3) is 0 Å². The third kappa shape index (κ3) is 4.58. The largest absolute Gasteiger partial charge is 0.456 e. The van der Waals surface area contributed by atoms with Crippen molar-refractivity contribution in [3.8, 4) is 11.5 Å². The van der Waals surface area contributed by atoms with Crippen LogP contribution >= 0.6 is 15.9 Å². The van der Waals surface area contributed by atoms with E-state index >= 15 is 0 Å². The van der Waals surface area contributed by atoms with Crippen molar-refractivity contribution in [3.05, 3.63) is 58.1 Å². The van der Waals surface area contributed by atoms with E-state index in [0.717, 1.165) is 22.4 Å². The fourth-order valence-electron chi connectivity index (χ4n) is 2.19. The highest BCUT2D eigenvalue weighted by molar-refractivity contribution is 9.10. The van der Waals surface area contributed by atoms with Gasteiger partial charge in [-0.05, 0) is 70.6 Å². The fraction of sp³-hybridized carbons (Fsp3) is 0.333. The Labute approximate surface area is 135 Å². The van der Waals surface area contributed by atoms with Crippen molar-refractivity contribution in [2.45, 2.75) is 39.2 Å². The van der Waals surface area contributed by atoms with Gasteiger partial charge in [-0.25, -0.2) is 0 Å². The van der Waals surface area contributed by atoms with E-state index in [9.17, 15) is 0 Å². The van der Waals surface area contributed by atoms with E-state index in [2.05, 4.69) is 54.0 Å². The van der Waals surface area contributed by atoms with Crippen molar-refractivity contribution in [2.24, 2.45) is 5.73 Å². The van der Waals surface area contributed by atoms with E-state index in [0.29, 0.717) is 5.92 Å². The highest BCUT2D eigenvalue weighted by Crippen LogP contribution is 2.32. The lowest BCUT2D eigenvalue weighted by Gasteiger charge is -2.12. The Bertz CT molecular complexity index is 608. The smallest absolute Gasteiger partial charge is 0.141 e. The van der Waals surface area contributed by atoms with Crippen LogP contribution in [0, 0.1) is 0 Å². The van der Waals surface area contributed by atoms with E-state index in [1.807, 2.05) is 25.1 Å². The minimum absolute atomic E-state index is 0.159. The van der Waals surface area contributed by atoms with Crippen molar-refractivity contribution in [3.63, 3.8) is 0 Å². The van der Waals surface area contributed by atoms with Gasteiger partial charge in [0.15, 0.2) is 0 Å². The van der Waals surface area contributed by atoms with Gasteiger partial charge in [-0.3, -0.25) is 0 Å². The van der Waals surface area contributed by atoms with Crippen LogP contribution in [0.15, 0.2) is 46.9 Å². The maximum absolute atomic E-state index is 5.98. The van der Waals surface area contributed by atoms with Gasteiger partial charge in [0, 0.05) is 6.04 Å². The molecule has 1 atom stereocenters. The Balaban J connectivity index is 2.18. The van der Waals surface area contributed by atoms with Crippen LogP contribution in [0.1, 0.15) is 37.8 Å². The Morgan fingerprint density at radius 3 is 2.48 bits per heavy atom. The van der Waals surface area contributed by atoms with E-state index in [-0.39, 0.29) is 6.04 Å². The van der Waals surface area contributed by atoms with E-state index in [1.165, 1.54) is 11.1 Å². The van der Waals surface area contributed by atoms with Gasteiger partial charge >= 0.3 is 0 Å². The molecule has 0 radical (unpaired) electrons. The second kappa shape index (κ2) is 7.10. The molecule has 3 heteroatoms. The minimum Gasteiger partial charge on any atom is -0.456 e. The lowest BCUT2D eigenvalue weighted by Crippen LogP contribution is -2.17. The van der Waals surface area contributed by atoms with Crippen molar-refractivity contribution < 1.29 is 4.74 Å². The molecule has 0 bridgehead atoms. The first-order valence-electron chi connectivity index (χ1n) is 7.27. The molecule has 0 aliphatic carbocycles. The second-order valence-electron chi connectivity index (χ2n) is 5.78. The van der Waals surface area contributed by atoms with Crippen LogP contribution < -0.4 is 10.5 Å². The Kier molecular flexibility index (Phi) is 5.43. The van der Waals surface area contributed by atoms with Gasteiger partial charge in [0.05, 0.1) is 4.47 Å². The van der Waals surface area contributed by atoms with Crippen molar-refractivity contribution in [1.82, 2.24) is 0 Å². The van der Waals surface area contributed by atoms with Crippen molar-refractivity contribution in [1.29, 1.82) is 0 Å². The molecule has 0 aliphatic rings. The molecule has 2 aromatic carbocycles. The fourth-order valence-corrected chi connectivity index (χ4v) is 2.70. The van der Waals surface area contributed by atoms with Crippen molar-refractivity contribution in [2.75, 3.05) is 0 Å². The monoisotopic (exact) mass is 347 g/mol. The zero-order valence-corrected chi connectivity index (χ0v) is 14.4. The minimum atomic E-state index is 0.159. The zero-order valence-electron chi connectivity index (χ0n) is 12.8. The maximum atomic E-state index is 5.98. The molecular weight excluding hydrogens is 326 g/mol. The quantitative estimate of drug-likeness (QED) is 0.800. The molecular formula is C18H22BrNO. The van der Waals surface area contributed by atoms with Crippen LogP contribution in [-0.4, -0.2) is 6.04 Å². The molecule has 2 N–H and O–H groups in total. The van der Waals surface area contributed by atoms with Gasteiger partial charge in [-0.1, -0.05) is 32.0 Å². The average Bonchev–Trinajstić information content (AvgIpc) is 2.41. The van der Waals surface area contributed by atoms with Gasteiger partial charge in [-0.2, -0.15) is 0 Å². The van der Waals surface area contributed by atoms with Crippen molar-refractivity contribution >= 4 is 15.9 Å². The molecule has 0 fully saturated rings. The molecule has 0 amide bonds. The Morgan fingerprint density at radius 2 is 1.86 bits per heavy atom. The second-order valence-corrected chi connectivity index (χ2v) is 6.63. The van der Waals surface area contributed by atoms with Gasteiger partial charge in [0.1, 0.15) is 11.5 Å². The standard InChI is InChI=1S/C18H22BrNO/c1-12(2)15-5-4-6-16(11-15)21-18-8-7-14(9-13(3)20)10-17(18)19/h4-8,10-13H,9,20H2,1-3H3. The topological polar surface area (TPSA) is 35.2 Å². The van der Waals surface area contributed by atoms with E-state index < -0.39 is 0 Å². The number of rotatable bonds is 5. The first-order valence-corrected chi connectivity index (χ1v) is 8.07. The summed E-state index contributed by atoms with van der Waals surface area (Å²) in [5.74, 6) is 2.18. The molecule has 1 unspecified atom stereocenters. The summed E-state index contributed by atoms with van der Waals surface area (Å²) < 4.78 is 6.94. The van der Waals surface area contributed by atoms with Crippen LogP contribution in [0.2, 0.25) is 0 Å². The number of nitrogens with two attached hydrogens (primary N) is 1. The first-order chi connectivity index (χ1) is 9.95. The van der Waals surface area contributed by atoms with Gasteiger partial charge in [0.2, 0.25) is 0 Å².